The molecule has 0 saturated heterocycles. The molecule has 252 valence electrons. The molecule has 0 aliphatic rings. The lowest BCUT2D eigenvalue weighted by molar-refractivity contribution is 0.666. The van der Waals surface area contributed by atoms with Gasteiger partial charge in [0.05, 0.1) is 16.7 Å². The summed E-state index contributed by atoms with van der Waals surface area (Å²) in [6.07, 6.45) is 0. The van der Waals surface area contributed by atoms with E-state index in [1.54, 1.807) is 0 Å². The van der Waals surface area contributed by atoms with Crippen LogP contribution in [0.5, 0.6) is 0 Å². The molecular weight excluding hydrogens is 661 g/mol. The van der Waals surface area contributed by atoms with Gasteiger partial charge in [0.15, 0.2) is 23.1 Å². The van der Waals surface area contributed by atoms with Crippen molar-refractivity contribution < 1.29 is 4.42 Å². The van der Waals surface area contributed by atoms with Gasteiger partial charge >= 0.3 is 0 Å². The molecule has 0 atom stereocenters. The summed E-state index contributed by atoms with van der Waals surface area (Å²) in [5.41, 5.74) is 9.73. The zero-order chi connectivity index (χ0) is 35.6. The maximum atomic E-state index is 6.86. The molecule has 54 heavy (non-hydrogen) atoms. The zero-order valence-corrected chi connectivity index (χ0v) is 29.0. The lowest BCUT2D eigenvalue weighted by Crippen LogP contribution is -2.01. The van der Waals surface area contributed by atoms with E-state index in [0.717, 1.165) is 66.5 Å². The molecule has 0 radical (unpaired) electrons. The zero-order valence-electron chi connectivity index (χ0n) is 29.0. The first kappa shape index (κ1) is 30.3. The highest BCUT2D eigenvalue weighted by Crippen LogP contribution is 2.43. The molecular formula is C49H30N4O. The SMILES string of the molecule is c1ccc(-c2cccc(-c3nc(-c4ccccc4)nc(-c4ccc(-n5c6ccccc6c6cc7ccccc7cc65)c5oc6ccccc6c45)n3)c2)cc1. The number of hydrogen-bond donors (Lipinski definition) is 0. The number of para-hydroxylation sites is 2. The van der Waals surface area contributed by atoms with Crippen LogP contribution in [0.1, 0.15) is 0 Å². The Kier molecular flexibility index (Phi) is 6.79. The van der Waals surface area contributed by atoms with Crippen LogP contribution in [0.15, 0.2) is 186 Å². The van der Waals surface area contributed by atoms with Crippen LogP contribution in [0.2, 0.25) is 0 Å². The van der Waals surface area contributed by atoms with Gasteiger partial charge < -0.3 is 8.98 Å². The summed E-state index contributed by atoms with van der Waals surface area (Å²) >= 11 is 0. The first-order valence-corrected chi connectivity index (χ1v) is 18.1. The third-order valence-electron chi connectivity index (χ3n) is 10.4. The maximum absolute atomic E-state index is 6.86. The van der Waals surface area contributed by atoms with Crippen LogP contribution < -0.4 is 0 Å². The van der Waals surface area contributed by atoms with Crippen molar-refractivity contribution in [3.05, 3.63) is 182 Å². The van der Waals surface area contributed by atoms with Gasteiger partial charge in [-0.15, -0.1) is 0 Å². The number of furan rings is 1. The number of benzene rings is 8. The summed E-state index contributed by atoms with van der Waals surface area (Å²) in [5.74, 6) is 1.80. The van der Waals surface area contributed by atoms with Gasteiger partial charge in [-0.25, -0.2) is 15.0 Å². The average Bonchev–Trinajstić information content (AvgIpc) is 3.79. The predicted molar refractivity (Wildman–Crippen MR) is 221 cm³/mol. The van der Waals surface area contributed by atoms with E-state index >= 15 is 0 Å². The summed E-state index contributed by atoms with van der Waals surface area (Å²) in [5, 5.41) is 6.76. The maximum Gasteiger partial charge on any atom is 0.164 e. The van der Waals surface area contributed by atoms with Gasteiger partial charge in [-0.1, -0.05) is 140 Å². The molecule has 3 heterocycles. The molecule has 5 heteroatoms. The molecule has 0 unspecified atom stereocenters. The quantitative estimate of drug-likeness (QED) is 0.180. The Balaban J connectivity index is 1.19. The lowest BCUT2D eigenvalue weighted by atomic mass is 10.0. The second kappa shape index (κ2) is 12.1. The number of aromatic nitrogens is 4. The van der Waals surface area contributed by atoms with E-state index in [1.165, 1.54) is 21.5 Å². The number of rotatable bonds is 5. The Bertz CT molecular complexity index is 3220. The van der Waals surface area contributed by atoms with Crippen molar-refractivity contribution in [2.24, 2.45) is 0 Å². The van der Waals surface area contributed by atoms with Gasteiger partial charge in [-0.05, 0) is 64.4 Å². The van der Waals surface area contributed by atoms with E-state index < -0.39 is 0 Å². The molecule has 0 spiro atoms. The first-order chi connectivity index (χ1) is 26.8. The van der Waals surface area contributed by atoms with Crippen molar-refractivity contribution in [3.63, 3.8) is 0 Å². The molecule has 0 fully saturated rings. The van der Waals surface area contributed by atoms with Gasteiger partial charge in [0.1, 0.15) is 5.58 Å². The summed E-state index contributed by atoms with van der Waals surface area (Å²) in [6.45, 7) is 0. The minimum atomic E-state index is 0.584. The number of nitrogens with zero attached hydrogens (tertiary/aromatic N) is 4. The second-order valence-corrected chi connectivity index (χ2v) is 13.6. The smallest absolute Gasteiger partial charge is 0.164 e. The van der Waals surface area contributed by atoms with E-state index in [-0.39, 0.29) is 0 Å². The molecule has 0 saturated carbocycles. The second-order valence-electron chi connectivity index (χ2n) is 13.6. The van der Waals surface area contributed by atoms with Gasteiger partial charge in [-0.2, -0.15) is 0 Å². The molecule has 0 bridgehead atoms. The summed E-state index contributed by atoms with van der Waals surface area (Å²) in [7, 11) is 0. The van der Waals surface area contributed by atoms with Crippen LogP contribution in [0.25, 0.3) is 105 Å². The Morgan fingerprint density at radius 2 is 1.00 bits per heavy atom. The van der Waals surface area contributed by atoms with E-state index in [2.05, 4.69) is 138 Å². The molecule has 11 aromatic rings. The molecule has 0 amide bonds. The fraction of sp³-hybridized carbons (Fsp3) is 0. The van der Waals surface area contributed by atoms with Crippen molar-refractivity contribution in [1.29, 1.82) is 0 Å². The fourth-order valence-corrected chi connectivity index (χ4v) is 7.90. The molecule has 0 aliphatic carbocycles. The average molecular weight is 691 g/mol. The van der Waals surface area contributed by atoms with Crippen LogP contribution in [0.3, 0.4) is 0 Å². The largest absolute Gasteiger partial charge is 0.454 e. The minimum Gasteiger partial charge on any atom is -0.454 e. The number of fused-ring (bicyclic) bond motifs is 7. The Morgan fingerprint density at radius 3 is 1.81 bits per heavy atom. The van der Waals surface area contributed by atoms with Crippen LogP contribution in [0, 0.1) is 0 Å². The van der Waals surface area contributed by atoms with Crippen molar-refractivity contribution in [2.75, 3.05) is 0 Å². The fourth-order valence-electron chi connectivity index (χ4n) is 7.90. The molecule has 0 N–H and O–H groups in total. The molecule has 11 rings (SSSR count). The Hall–Kier alpha value is -7.37. The molecule has 5 nitrogen and oxygen atoms in total. The summed E-state index contributed by atoms with van der Waals surface area (Å²) < 4.78 is 9.20. The van der Waals surface area contributed by atoms with Crippen LogP contribution in [-0.4, -0.2) is 19.5 Å². The van der Waals surface area contributed by atoms with Crippen molar-refractivity contribution >= 4 is 54.5 Å². The van der Waals surface area contributed by atoms with Crippen LogP contribution in [0.4, 0.5) is 0 Å². The monoisotopic (exact) mass is 690 g/mol. The Labute approximate surface area is 310 Å². The summed E-state index contributed by atoms with van der Waals surface area (Å²) in [4.78, 5) is 15.5. The predicted octanol–water partition coefficient (Wildman–Crippen LogP) is 12.7. The topological polar surface area (TPSA) is 56.7 Å². The molecule has 3 aromatic heterocycles. The third-order valence-corrected chi connectivity index (χ3v) is 10.4. The van der Waals surface area contributed by atoms with Gasteiger partial charge in [-0.3, -0.25) is 0 Å². The van der Waals surface area contributed by atoms with Gasteiger partial charge in [0.25, 0.3) is 0 Å². The van der Waals surface area contributed by atoms with Gasteiger partial charge in [0, 0.05) is 38.2 Å². The third kappa shape index (κ3) is 4.83. The van der Waals surface area contributed by atoms with E-state index in [4.69, 9.17) is 19.4 Å². The Morgan fingerprint density at radius 1 is 0.389 bits per heavy atom. The molecule has 8 aromatic carbocycles. The van der Waals surface area contributed by atoms with E-state index in [0.29, 0.717) is 17.5 Å². The summed E-state index contributed by atoms with van der Waals surface area (Å²) in [6, 6.07) is 63.2. The van der Waals surface area contributed by atoms with Crippen molar-refractivity contribution in [2.45, 2.75) is 0 Å². The molecule has 0 aliphatic heterocycles. The highest BCUT2D eigenvalue weighted by molar-refractivity contribution is 6.17. The highest BCUT2D eigenvalue weighted by atomic mass is 16.3. The van der Waals surface area contributed by atoms with Crippen molar-refractivity contribution in [1.82, 2.24) is 19.5 Å². The minimum absolute atomic E-state index is 0.584. The highest BCUT2D eigenvalue weighted by Gasteiger charge is 2.23. The van der Waals surface area contributed by atoms with Crippen molar-refractivity contribution in [3.8, 4) is 51.0 Å². The number of hydrogen-bond acceptors (Lipinski definition) is 4. The standard InChI is InChI=1S/C49H30N4O/c1-3-14-31(15-4-1)33-20-13-21-36(28-33)48-50-47(32-16-5-2-6-17-32)51-49(52-48)39-26-27-42(46-45(39)38-23-10-12-25-44(38)54-46)53-41-24-11-9-22-37(41)40-29-34-18-7-8-19-35(34)30-43(40)53/h1-30H. The normalized spacial score (nSPS) is 11.7. The van der Waals surface area contributed by atoms with Crippen LogP contribution >= 0.6 is 0 Å². The van der Waals surface area contributed by atoms with E-state index in [9.17, 15) is 0 Å². The first-order valence-electron chi connectivity index (χ1n) is 18.1. The van der Waals surface area contributed by atoms with Crippen LogP contribution in [-0.2, 0) is 0 Å². The van der Waals surface area contributed by atoms with Gasteiger partial charge in [0.2, 0.25) is 0 Å². The van der Waals surface area contributed by atoms with E-state index in [1.807, 2.05) is 48.5 Å². The lowest BCUT2D eigenvalue weighted by Gasteiger charge is -2.13.